The van der Waals surface area contributed by atoms with Gasteiger partial charge in [0.25, 0.3) is 0 Å². The van der Waals surface area contributed by atoms with Crippen molar-refractivity contribution in [2.45, 2.75) is 33.1 Å². The Morgan fingerprint density at radius 3 is 2.77 bits per heavy atom. The Hall–Kier alpha value is -0.340. The monoisotopic (exact) mass is 536 g/mol. The zero-order valence-electron chi connectivity index (χ0n) is 16.3. The molecule has 1 aliphatic heterocycles. The second-order valence-electron chi connectivity index (χ2n) is 6.99. The fourth-order valence-electron chi connectivity index (χ4n) is 3.43. The topological polar surface area (TPSA) is 39.7 Å². The quantitative estimate of drug-likeness (QED) is 0.298. The second-order valence-corrected chi connectivity index (χ2v) is 7.91. The molecule has 1 fully saturated rings. The van der Waals surface area contributed by atoms with Gasteiger partial charge in [-0.05, 0) is 55.5 Å². The SMILES string of the molecule is CCC(CNC(=NC)NCC1CCN(CC)C1)Cc1cccc(Br)c1.I. The Morgan fingerprint density at radius 2 is 2.15 bits per heavy atom. The Balaban J connectivity index is 0.00000338. The highest BCUT2D eigenvalue weighted by Gasteiger charge is 2.21. The maximum absolute atomic E-state index is 4.39. The Kier molecular flexibility index (Phi) is 11.8. The summed E-state index contributed by atoms with van der Waals surface area (Å²) < 4.78 is 1.16. The Labute approximate surface area is 184 Å². The van der Waals surface area contributed by atoms with E-state index >= 15 is 0 Å². The van der Waals surface area contributed by atoms with Crippen molar-refractivity contribution in [1.82, 2.24) is 15.5 Å². The van der Waals surface area contributed by atoms with Gasteiger partial charge in [-0.15, -0.1) is 24.0 Å². The molecule has 2 N–H and O–H groups in total. The molecule has 4 nitrogen and oxygen atoms in total. The van der Waals surface area contributed by atoms with Crippen LogP contribution in [0.1, 0.15) is 32.3 Å². The molecule has 148 valence electrons. The van der Waals surface area contributed by atoms with Gasteiger partial charge < -0.3 is 15.5 Å². The molecular formula is C20H34BrIN4. The summed E-state index contributed by atoms with van der Waals surface area (Å²) in [5, 5.41) is 7.03. The number of guanidine groups is 1. The molecule has 1 aromatic carbocycles. The van der Waals surface area contributed by atoms with E-state index in [2.05, 4.69) is 74.6 Å². The van der Waals surface area contributed by atoms with Gasteiger partial charge >= 0.3 is 0 Å². The maximum Gasteiger partial charge on any atom is 0.190 e. The molecule has 0 radical (unpaired) electrons. The number of likely N-dealkylation sites (tertiary alicyclic amines) is 1. The van der Waals surface area contributed by atoms with Crippen molar-refractivity contribution in [1.29, 1.82) is 0 Å². The third kappa shape index (κ3) is 8.13. The van der Waals surface area contributed by atoms with Crippen LogP contribution in [0, 0.1) is 11.8 Å². The van der Waals surface area contributed by atoms with Gasteiger partial charge in [0, 0.05) is 31.2 Å². The number of nitrogens with one attached hydrogen (secondary N) is 2. The van der Waals surface area contributed by atoms with Gasteiger partial charge in [-0.1, -0.05) is 48.3 Å². The largest absolute Gasteiger partial charge is 0.356 e. The van der Waals surface area contributed by atoms with E-state index in [4.69, 9.17) is 0 Å². The third-order valence-corrected chi connectivity index (χ3v) is 5.64. The van der Waals surface area contributed by atoms with Crippen LogP contribution in [-0.2, 0) is 6.42 Å². The molecule has 2 atom stereocenters. The average Bonchev–Trinajstić information content (AvgIpc) is 3.09. The summed E-state index contributed by atoms with van der Waals surface area (Å²) in [7, 11) is 1.86. The molecule has 1 saturated heterocycles. The number of aliphatic imine (C=N–C) groups is 1. The number of benzene rings is 1. The van der Waals surface area contributed by atoms with E-state index in [0.29, 0.717) is 5.92 Å². The summed E-state index contributed by atoms with van der Waals surface area (Å²) in [5.74, 6) is 2.28. The Bertz CT molecular complexity index is 552. The van der Waals surface area contributed by atoms with Gasteiger partial charge in [-0.3, -0.25) is 4.99 Å². The van der Waals surface area contributed by atoms with Crippen LogP contribution >= 0.6 is 39.9 Å². The first-order valence-corrected chi connectivity index (χ1v) is 10.3. The van der Waals surface area contributed by atoms with E-state index in [-0.39, 0.29) is 24.0 Å². The second kappa shape index (κ2) is 12.9. The number of hydrogen-bond acceptors (Lipinski definition) is 2. The predicted octanol–water partition coefficient (Wildman–Crippen LogP) is 4.14. The van der Waals surface area contributed by atoms with Gasteiger partial charge in [0.05, 0.1) is 0 Å². The fraction of sp³-hybridized carbons (Fsp3) is 0.650. The van der Waals surface area contributed by atoms with E-state index in [0.717, 1.165) is 48.8 Å². The molecule has 26 heavy (non-hydrogen) atoms. The minimum atomic E-state index is 0. The van der Waals surface area contributed by atoms with Gasteiger partial charge in [0.2, 0.25) is 0 Å². The first-order chi connectivity index (χ1) is 12.1. The van der Waals surface area contributed by atoms with Crippen LogP contribution in [0.3, 0.4) is 0 Å². The molecule has 2 rings (SSSR count). The van der Waals surface area contributed by atoms with Crippen LogP contribution in [0.25, 0.3) is 0 Å². The maximum atomic E-state index is 4.39. The lowest BCUT2D eigenvalue weighted by atomic mass is 9.97. The highest BCUT2D eigenvalue weighted by Crippen LogP contribution is 2.17. The van der Waals surface area contributed by atoms with Crippen LogP contribution in [0.2, 0.25) is 0 Å². The van der Waals surface area contributed by atoms with Gasteiger partial charge in [-0.2, -0.15) is 0 Å². The highest BCUT2D eigenvalue weighted by atomic mass is 127. The van der Waals surface area contributed by atoms with Crippen molar-refractivity contribution in [3.8, 4) is 0 Å². The number of nitrogens with zero attached hydrogens (tertiary/aromatic N) is 2. The molecule has 1 aliphatic rings. The van der Waals surface area contributed by atoms with Crippen LogP contribution < -0.4 is 10.6 Å². The number of rotatable bonds is 8. The average molecular weight is 537 g/mol. The highest BCUT2D eigenvalue weighted by molar-refractivity contribution is 14.0. The zero-order valence-corrected chi connectivity index (χ0v) is 20.2. The van der Waals surface area contributed by atoms with Crippen molar-refractivity contribution in [2.75, 3.05) is 39.8 Å². The molecule has 0 aromatic heterocycles. The summed E-state index contributed by atoms with van der Waals surface area (Å²) in [6.45, 7) is 10.1. The van der Waals surface area contributed by atoms with E-state index in [9.17, 15) is 0 Å². The summed E-state index contributed by atoms with van der Waals surface area (Å²) >= 11 is 3.56. The molecular weight excluding hydrogens is 503 g/mol. The van der Waals surface area contributed by atoms with E-state index in [1.165, 1.54) is 25.1 Å². The standard InChI is InChI=1S/C20H33BrN4.HI/c1-4-16(11-17-7-6-8-19(21)12-17)13-23-20(22-3)24-14-18-9-10-25(5-2)15-18;/h6-8,12,16,18H,4-5,9-11,13-15H2,1-3H3,(H2,22,23,24);1H. The third-order valence-electron chi connectivity index (χ3n) is 5.15. The molecule has 0 aliphatic carbocycles. The zero-order chi connectivity index (χ0) is 18.1. The van der Waals surface area contributed by atoms with Crippen molar-refractivity contribution in [3.63, 3.8) is 0 Å². The first-order valence-electron chi connectivity index (χ1n) is 9.55. The van der Waals surface area contributed by atoms with Crippen LogP contribution in [0.4, 0.5) is 0 Å². The smallest absolute Gasteiger partial charge is 0.190 e. The molecule has 2 unspecified atom stereocenters. The van der Waals surface area contributed by atoms with Crippen molar-refractivity contribution in [2.24, 2.45) is 16.8 Å². The molecule has 1 heterocycles. The minimum absolute atomic E-state index is 0. The van der Waals surface area contributed by atoms with Crippen molar-refractivity contribution in [3.05, 3.63) is 34.3 Å². The van der Waals surface area contributed by atoms with Crippen molar-refractivity contribution >= 4 is 45.9 Å². The fourth-order valence-corrected chi connectivity index (χ4v) is 3.87. The van der Waals surface area contributed by atoms with Crippen LogP contribution in [0.5, 0.6) is 0 Å². The molecule has 0 amide bonds. The molecule has 0 saturated carbocycles. The minimum Gasteiger partial charge on any atom is -0.356 e. The van der Waals surface area contributed by atoms with Gasteiger partial charge in [-0.25, -0.2) is 0 Å². The van der Waals surface area contributed by atoms with E-state index < -0.39 is 0 Å². The van der Waals surface area contributed by atoms with Crippen LogP contribution in [0.15, 0.2) is 33.7 Å². The summed E-state index contributed by atoms with van der Waals surface area (Å²) in [6, 6.07) is 8.62. The summed E-state index contributed by atoms with van der Waals surface area (Å²) in [4.78, 5) is 6.91. The summed E-state index contributed by atoms with van der Waals surface area (Å²) in [5.41, 5.74) is 1.39. The van der Waals surface area contributed by atoms with Gasteiger partial charge in [0.15, 0.2) is 5.96 Å². The number of hydrogen-bond donors (Lipinski definition) is 2. The Morgan fingerprint density at radius 1 is 1.35 bits per heavy atom. The van der Waals surface area contributed by atoms with Crippen molar-refractivity contribution < 1.29 is 0 Å². The lowest BCUT2D eigenvalue weighted by Crippen LogP contribution is -2.42. The molecule has 0 bridgehead atoms. The first kappa shape index (κ1) is 23.7. The molecule has 6 heteroatoms. The normalized spacial score (nSPS) is 19.1. The molecule has 0 spiro atoms. The molecule has 1 aromatic rings. The predicted molar refractivity (Wildman–Crippen MR) is 127 cm³/mol. The lowest BCUT2D eigenvalue weighted by Gasteiger charge is -2.20. The number of halogens is 2. The summed E-state index contributed by atoms with van der Waals surface area (Å²) in [6.07, 6.45) is 3.54. The van der Waals surface area contributed by atoms with Gasteiger partial charge in [0.1, 0.15) is 0 Å². The van der Waals surface area contributed by atoms with E-state index in [1.807, 2.05) is 7.05 Å². The van der Waals surface area contributed by atoms with Crippen LogP contribution in [-0.4, -0.2) is 50.6 Å². The van der Waals surface area contributed by atoms with E-state index in [1.54, 1.807) is 0 Å². The lowest BCUT2D eigenvalue weighted by molar-refractivity contribution is 0.341.